The maximum atomic E-state index is 12.1. The Bertz CT molecular complexity index is 514. The summed E-state index contributed by atoms with van der Waals surface area (Å²) in [5.74, 6) is 0.284. The normalized spacial score (nSPS) is 16.1. The Morgan fingerprint density at radius 3 is 2.70 bits per heavy atom. The maximum absolute atomic E-state index is 12.1. The molecule has 1 fully saturated rings. The lowest BCUT2D eigenvalue weighted by atomic mass is 9.98. The Morgan fingerprint density at radius 2 is 2.09 bits per heavy atom. The Balaban J connectivity index is 2.24. The van der Waals surface area contributed by atoms with Gasteiger partial charge < -0.3 is 19.4 Å². The summed E-state index contributed by atoms with van der Waals surface area (Å²) in [6.07, 6.45) is 4.61. The molecule has 2 N–H and O–H groups in total. The fourth-order valence-electron chi connectivity index (χ4n) is 2.86. The van der Waals surface area contributed by atoms with Crippen molar-refractivity contribution in [3.8, 4) is 11.5 Å². The second kappa shape index (κ2) is 8.74. The van der Waals surface area contributed by atoms with Gasteiger partial charge in [-0.05, 0) is 50.3 Å². The van der Waals surface area contributed by atoms with Crippen LogP contribution >= 0.6 is 0 Å². The first-order chi connectivity index (χ1) is 11.2. The van der Waals surface area contributed by atoms with Gasteiger partial charge in [0.05, 0.1) is 25.7 Å². The number of esters is 1. The zero-order chi connectivity index (χ0) is 16.7. The van der Waals surface area contributed by atoms with Gasteiger partial charge in [0.15, 0.2) is 11.5 Å². The standard InChI is InChI=1S/C17H25NO5/c1-3-22-17(19)14(11-18-20)12-8-9-15(21-2)16(10-12)23-13-6-4-5-7-13/h8-10,13-14,18,20H,3-7,11H2,1-2H3. The molecule has 6 heteroatoms. The van der Waals surface area contributed by atoms with Crippen LogP contribution in [0.5, 0.6) is 11.5 Å². The Morgan fingerprint density at radius 1 is 1.35 bits per heavy atom. The van der Waals surface area contributed by atoms with Gasteiger partial charge in [-0.15, -0.1) is 0 Å². The van der Waals surface area contributed by atoms with Gasteiger partial charge in [-0.2, -0.15) is 0 Å². The van der Waals surface area contributed by atoms with E-state index in [4.69, 9.17) is 19.4 Å². The highest BCUT2D eigenvalue weighted by atomic mass is 16.5. The van der Waals surface area contributed by atoms with Gasteiger partial charge >= 0.3 is 5.97 Å². The maximum Gasteiger partial charge on any atom is 0.314 e. The number of methoxy groups -OCH3 is 1. The first-order valence-electron chi connectivity index (χ1n) is 8.07. The molecule has 23 heavy (non-hydrogen) atoms. The molecule has 6 nitrogen and oxygen atoms in total. The average molecular weight is 323 g/mol. The van der Waals surface area contributed by atoms with Gasteiger partial charge in [-0.1, -0.05) is 6.07 Å². The molecule has 0 saturated heterocycles. The Labute approximate surface area is 136 Å². The SMILES string of the molecule is CCOC(=O)C(CNO)c1ccc(OC)c(OC2CCCC2)c1. The topological polar surface area (TPSA) is 77.0 Å². The van der Waals surface area contributed by atoms with Gasteiger partial charge in [-0.25, -0.2) is 5.48 Å². The molecular formula is C17H25NO5. The van der Waals surface area contributed by atoms with Crippen LogP contribution in [-0.4, -0.2) is 37.5 Å². The van der Waals surface area contributed by atoms with Crippen molar-refractivity contribution in [2.45, 2.75) is 44.6 Å². The fraction of sp³-hybridized carbons (Fsp3) is 0.588. The van der Waals surface area contributed by atoms with Crippen molar-refractivity contribution < 1.29 is 24.2 Å². The second-order valence-corrected chi connectivity index (χ2v) is 5.60. The van der Waals surface area contributed by atoms with Crippen LogP contribution in [0.4, 0.5) is 0 Å². The molecule has 2 rings (SSSR count). The summed E-state index contributed by atoms with van der Waals surface area (Å²) in [7, 11) is 1.59. The van der Waals surface area contributed by atoms with Crippen molar-refractivity contribution >= 4 is 5.97 Å². The highest BCUT2D eigenvalue weighted by Gasteiger charge is 2.24. The number of carbonyl (C=O) groups is 1. The summed E-state index contributed by atoms with van der Waals surface area (Å²) < 4.78 is 16.5. The predicted molar refractivity (Wildman–Crippen MR) is 85.0 cm³/mol. The lowest BCUT2D eigenvalue weighted by Gasteiger charge is -2.19. The molecule has 0 bridgehead atoms. The molecule has 0 heterocycles. The molecule has 0 aromatic heterocycles. The molecule has 128 valence electrons. The highest BCUT2D eigenvalue weighted by Crippen LogP contribution is 2.34. The first-order valence-corrected chi connectivity index (χ1v) is 8.07. The third-order valence-electron chi connectivity index (χ3n) is 4.05. The van der Waals surface area contributed by atoms with Crippen molar-refractivity contribution in [1.82, 2.24) is 5.48 Å². The predicted octanol–water partition coefficient (Wildman–Crippen LogP) is 2.64. The number of hydrogen-bond donors (Lipinski definition) is 2. The van der Waals surface area contributed by atoms with E-state index in [1.807, 2.05) is 0 Å². The third kappa shape index (κ3) is 4.59. The highest BCUT2D eigenvalue weighted by molar-refractivity contribution is 5.78. The summed E-state index contributed by atoms with van der Waals surface area (Å²) in [5.41, 5.74) is 2.77. The van der Waals surface area contributed by atoms with E-state index in [2.05, 4.69) is 5.48 Å². The summed E-state index contributed by atoms with van der Waals surface area (Å²) in [4.78, 5) is 12.1. The molecule has 1 aliphatic rings. The minimum atomic E-state index is -0.600. The quantitative estimate of drug-likeness (QED) is 0.566. The lowest BCUT2D eigenvalue weighted by molar-refractivity contribution is -0.145. The molecule has 1 atom stereocenters. The lowest BCUT2D eigenvalue weighted by Crippen LogP contribution is -2.26. The molecule has 0 amide bonds. The second-order valence-electron chi connectivity index (χ2n) is 5.60. The monoisotopic (exact) mass is 323 g/mol. The van der Waals surface area contributed by atoms with Crippen LogP contribution in [-0.2, 0) is 9.53 Å². The molecule has 0 aliphatic heterocycles. The number of carbonyl (C=O) groups excluding carboxylic acids is 1. The summed E-state index contributed by atoms with van der Waals surface area (Å²) >= 11 is 0. The van der Waals surface area contributed by atoms with E-state index in [0.717, 1.165) is 18.4 Å². The number of ether oxygens (including phenoxy) is 3. The van der Waals surface area contributed by atoms with E-state index in [1.54, 1.807) is 32.2 Å². The van der Waals surface area contributed by atoms with Gasteiger partial charge in [0.2, 0.25) is 0 Å². The van der Waals surface area contributed by atoms with Crippen molar-refractivity contribution in [2.24, 2.45) is 0 Å². The van der Waals surface area contributed by atoms with Crippen LogP contribution in [0.15, 0.2) is 18.2 Å². The van der Waals surface area contributed by atoms with E-state index in [9.17, 15) is 4.79 Å². The Kier molecular flexibility index (Phi) is 6.67. The molecule has 0 radical (unpaired) electrons. The van der Waals surface area contributed by atoms with Crippen LogP contribution in [0.3, 0.4) is 0 Å². The fourth-order valence-corrected chi connectivity index (χ4v) is 2.86. The number of hydrogen-bond acceptors (Lipinski definition) is 6. The number of benzene rings is 1. The molecular weight excluding hydrogens is 298 g/mol. The van der Waals surface area contributed by atoms with Crippen LogP contribution in [0.25, 0.3) is 0 Å². The number of nitrogens with one attached hydrogen (secondary N) is 1. The summed E-state index contributed by atoms with van der Waals surface area (Å²) in [5, 5.41) is 9.00. The molecule has 1 unspecified atom stereocenters. The minimum absolute atomic E-state index is 0.0774. The van der Waals surface area contributed by atoms with Crippen molar-refractivity contribution in [1.29, 1.82) is 0 Å². The third-order valence-corrected chi connectivity index (χ3v) is 4.05. The van der Waals surface area contributed by atoms with Gasteiger partial charge in [-0.3, -0.25) is 4.79 Å². The van der Waals surface area contributed by atoms with E-state index in [1.165, 1.54) is 12.8 Å². The summed E-state index contributed by atoms with van der Waals surface area (Å²) in [6, 6.07) is 5.37. The van der Waals surface area contributed by atoms with Crippen molar-refractivity contribution in [3.63, 3.8) is 0 Å². The van der Waals surface area contributed by atoms with Crippen LogP contribution in [0.2, 0.25) is 0 Å². The average Bonchev–Trinajstić information content (AvgIpc) is 3.06. The van der Waals surface area contributed by atoms with Crippen molar-refractivity contribution in [2.75, 3.05) is 20.3 Å². The van der Waals surface area contributed by atoms with Gasteiger partial charge in [0, 0.05) is 6.54 Å². The van der Waals surface area contributed by atoms with E-state index >= 15 is 0 Å². The van der Waals surface area contributed by atoms with Crippen LogP contribution in [0, 0.1) is 0 Å². The molecule has 0 spiro atoms. The molecule has 1 aliphatic carbocycles. The largest absolute Gasteiger partial charge is 0.493 e. The summed E-state index contributed by atoms with van der Waals surface area (Å²) in [6.45, 7) is 2.13. The zero-order valence-electron chi connectivity index (χ0n) is 13.7. The van der Waals surface area contributed by atoms with E-state index in [-0.39, 0.29) is 18.6 Å². The zero-order valence-corrected chi connectivity index (χ0v) is 13.7. The molecule has 1 aromatic carbocycles. The van der Waals surface area contributed by atoms with Crippen LogP contribution < -0.4 is 15.0 Å². The van der Waals surface area contributed by atoms with Gasteiger partial charge in [0.1, 0.15) is 0 Å². The van der Waals surface area contributed by atoms with E-state index in [0.29, 0.717) is 18.1 Å². The van der Waals surface area contributed by atoms with Gasteiger partial charge in [0.25, 0.3) is 0 Å². The molecule has 1 saturated carbocycles. The van der Waals surface area contributed by atoms with Crippen LogP contribution in [0.1, 0.15) is 44.1 Å². The first kappa shape index (κ1) is 17.6. The van der Waals surface area contributed by atoms with E-state index < -0.39 is 5.92 Å². The number of hydroxylamine groups is 1. The number of rotatable bonds is 8. The minimum Gasteiger partial charge on any atom is -0.493 e. The Hall–Kier alpha value is -1.79. The van der Waals surface area contributed by atoms with Crippen molar-refractivity contribution in [3.05, 3.63) is 23.8 Å². The molecule has 1 aromatic rings. The smallest absolute Gasteiger partial charge is 0.314 e.